The molecule has 0 aliphatic heterocycles. The summed E-state index contributed by atoms with van der Waals surface area (Å²) >= 11 is 6.01. The van der Waals surface area contributed by atoms with Crippen LogP contribution < -0.4 is 10.9 Å². The molecule has 4 aromatic rings. The maximum atomic E-state index is 13.3. The molecule has 29 heavy (non-hydrogen) atoms. The molecule has 7 heteroatoms. The third-order valence-corrected chi connectivity index (χ3v) is 5.14. The molecular formula is C22H21ClN4O2. The molecule has 1 N–H and O–H groups in total. The number of fused-ring (bicyclic) bond motifs is 3. The number of nitrogens with zero attached hydrogens (tertiary/aromatic N) is 3. The summed E-state index contributed by atoms with van der Waals surface area (Å²) in [6.07, 6.45) is 2.51. The summed E-state index contributed by atoms with van der Waals surface area (Å²) in [5.41, 5.74) is 2.24. The number of aromatic nitrogens is 3. The zero-order chi connectivity index (χ0) is 20.4. The number of rotatable bonds is 6. The fourth-order valence-electron chi connectivity index (χ4n) is 3.50. The van der Waals surface area contributed by atoms with E-state index in [1.807, 2.05) is 60.0 Å². The van der Waals surface area contributed by atoms with Gasteiger partial charge in [0.25, 0.3) is 5.56 Å². The molecule has 0 saturated carbocycles. The number of nitrogens with one attached hydrogen (secondary N) is 1. The Morgan fingerprint density at radius 1 is 1.10 bits per heavy atom. The zero-order valence-electron chi connectivity index (χ0n) is 16.1. The average Bonchev–Trinajstić information content (AvgIpc) is 3.04. The molecule has 0 spiro atoms. The van der Waals surface area contributed by atoms with Crippen molar-refractivity contribution >= 4 is 39.3 Å². The van der Waals surface area contributed by atoms with Crippen molar-refractivity contribution in [3.63, 3.8) is 0 Å². The lowest BCUT2D eigenvalue weighted by atomic mass is 10.2. The van der Waals surface area contributed by atoms with E-state index < -0.39 is 0 Å². The standard InChI is InChI=1S/C22H21ClN4O2/c1-2-11-24-20(28)14-27-22(29)21-18(12-25-27)17-5-3-4-6-19(17)26(21)13-15-7-9-16(23)10-8-15/h3-10,12H,2,11,13-14H2,1H3,(H,24,28). The van der Waals surface area contributed by atoms with Gasteiger partial charge < -0.3 is 9.88 Å². The fourth-order valence-corrected chi connectivity index (χ4v) is 3.63. The Hall–Kier alpha value is -3.12. The molecule has 2 aromatic carbocycles. The van der Waals surface area contributed by atoms with Crippen LogP contribution in [-0.2, 0) is 17.9 Å². The SMILES string of the molecule is CCCNC(=O)Cn1ncc2c3ccccc3n(Cc3ccc(Cl)cc3)c2c1=O. The molecule has 0 atom stereocenters. The summed E-state index contributed by atoms with van der Waals surface area (Å²) in [6, 6.07) is 15.4. The first-order chi connectivity index (χ1) is 14.1. The summed E-state index contributed by atoms with van der Waals surface area (Å²) in [4.78, 5) is 25.4. The summed E-state index contributed by atoms with van der Waals surface area (Å²) in [5, 5.41) is 9.44. The maximum Gasteiger partial charge on any atom is 0.291 e. The third-order valence-electron chi connectivity index (χ3n) is 4.89. The van der Waals surface area contributed by atoms with Crippen molar-refractivity contribution in [2.45, 2.75) is 26.4 Å². The van der Waals surface area contributed by atoms with Gasteiger partial charge in [-0.3, -0.25) is 9.59 Å². The summed E-state index contributed by atoms with van der Waals surface area (Å²) in [5.74, 6) is -0.221. The first-order valence-electron chi connectivity index (χ1n) is 9.56. The van der Waals surface area contributed by atoms with E-state index in [1.165, 1.54) is 4.68 Å². The van der Waals surface area contributed by atoms with Gasteiger partial charge in [-0.2, -0.15) is 5.10 Å². The van der Waals surface area contributed by atoms with Crippen molar-refractivity contribution in [1.29, 1.82) is 0 Å². The lowest BCUT2D eigenvalue weighted by molar-refractivity contribution is -0.121. The number of hydrogen-bond donors (Lipinski definition) is 1. The Morgan fingerprint density at radius 2 is 1.86 bits per heavy atom. The van der Waals surface area contributed by atoms with Gasteiger partial charge in [-0.05, 0) is 30.2 Å². The van der Waals surface area contributed by atoms with Gasteiger partial charge in [0.1, 0.15) is 12.1 Å². The molecule has 0 aliphatic carbocycles. The molecule has 2 heterocycles. The number of halogens is 1. The highest BCUT2D eigenvalue weighted by molar-refractivity contribution is 6.30. The zero-order valence-corrected chi connectivity index (χ0v) is 16.8. The van der Waals surface area contributed by atoms with Gasteiger partial charge in [-0.25, -0.2) is 4.68 Å². The third kappa shape index (κ3) is 3.76. The summed E-state index contributed by atoms with van der Waals surface area (Å²) in [7, 11) is 0. The van der Waals surface area contributed by atoms with E-state index in [2.05, 4.69) is 10.4 Å². The van der Waals surface area contributed by atoms with Crippen LogP contribution in [0.1, 0.15) is 18.9 Å². The number of carbonyl (C=O) groups excluding carboxylic acids is 1. The van der Waals surface area contributed by atoms with E-state index in [9.17, 15) is 9.59 Å². The molecule has 2 aromatic heterocycles. The van der Waals surface area contributed by atoms with Crippen LogP contribution in [0.3, 0.4) is 0 Å². The van der Waals surface area contributed by atoms with Crippen molar-refractivity contribution < 1.29 is 4.79 Å². The minimum Gasteiger partial charge on any atom is -0.355 e. The smallest absolute Gasteiger partial charge is 0.291 e. The molecular weight excluding hydrogens is 388 g/mol. The predicted octanol–water partition coefficient (Wildman–Crippen LogP) is 3.58. The Bertz CT molecular complexity index is 1240. The van der Waals surface area contributed by atoms with Crippen LogP contribution in [0.15, 0.2) is 59.5 Å². The average molecular weight is 409 g/mol. The highest BCUT2D eigenvalue weighted by Gasteiger charge is 2.17. The van der Waals surface area contributed by atoms with Crippen molar-refractivity contribution in [2.24, 2.45) is 0 Å². The minimum absolute atomic E-state index is 0.1000. The lowest BCUT2D eigenvalue weighted by Crippen LogP contribution is -2.34. The number of hydrogen-bond acceptors (Lipinski definition) is 3. The molecule has 0 bridgehead atoms. The Kier molecular flexibility index (Phi) is 5.36. The monoisotopic (exact) mass is 408 g/mol. The fraction of sp³-hybridized carbons (Fsp3) is 0.227. The predicted molar refractivity (Wildman–Crippen MR) is 115 cm³/mol. The normalized spacial score (nSPS) is 11.2. The van der Waals surface area contributed by atoms with Crippen molar-refractivity contribution in [3.05, 3.63) is 75.7 Å². The molecule has 1 amide bonds. The van der Waals surface area contributed by atoms with Gasteiger partial charge >= 0.3 is 0 Å². The van der Waals surface area contributed by atoms with E-state index in [-0.39, 0.29) is 18.0 Å². The highest BCUT2D eigenvalue weighted by Crippen LogP contribution is 2.27. The van der Waals surface area contributed by atoms with E-state index in [0.29, 0.717) is 23.6 Å². The van der Waals surface area contributed by atoms with Crippen LogP contribution in [0.25, 0.3) is 21.8 Å². The van der Waals surface area contributed by atoms with Crippen molar-refractivity contribution in [2.75, 3.05) is 6.54 Å². The summed E-state index contributed by atoms with van der Waals surface area (Å²) in [6.45, 7) is 2.97. The maximum absolute atomic E-state index is 13.3. The molecule has 0 radical (unpaired) electrons. The Labute approximate surface area is 172 Å². The quantitative estimate of drug-likeness (QED) is 0.530. The van der Waals surface area contributed by atoms with Crippen LogP contribution in [0.2, 0.25) is 5.02 Å². The molecule has 148 valence electrons. The molecule has 0 saturated heterocycles. The van der Waals surface area contributed by atoms with Crippen LogP contribution in [0.4, 0.5) is 0 Å². The van der Waals surface area contributed by atoms with E-state index >= 15 is 0 Å². The molecule has 0 unspecified atom stereocenters. The van der Waals surface area contributed by atoms with Gasteiger partial charge in [0, 0.05) is 34.4 Å². The van der Waals surface area contributed by atoms with Gasteiger partial charge in [0.05, 0.1) is 6.20 Å². The number of carbonyl (C=O) groups is 1. The molecule has 6 nitrogen and oxygen atoms in total. The first-order valence-corrected chi connectivity index (χ1v) is 9.94. The highest BCUT2D eigenvalue weighted by atomic mass is 35.5. The van der Waals surface area contributed by atoms with Gasteiger partial charge in [-0.15, -0.1) is 0 Å². The minimum atomic E-state index is -0.278. The summed E-state index contributed by atoms with van der Waals surface area (Å²) < 4.78 is 3.21. The largest absolute Gasteiger partial charge is 0.355 e. The molecule has 4 rings (SSSR count). The van der Waals surface area contributed by atoms with Crippen LogP contribution in [0.5, 0.6) is 0 Å². The molecule has 0 fully saturated rings. The second-order valence-electron chi connectivity index (χ2n) is 6.95. The number of benzene rings is 2. The Balaban J connectivity index is 1.85. The topological polar surface area (TPSA) is 68.9 Å². The second kappa shape index (κ2) is 8.09. The lowest BCUT2D eigenvalue weighted by Gasteiger charge is -2.09. The van der Waals surface area contributed by atoms with Gasteiger partial charge in [0.2, 0.25) is 5.91 Å². The number of para-hydroxylation sites is 1. The van der Waals surface area contributed by atoms with Gasteiger partial charge in [0.15, 0.2) is 0 Å². The van der Waals surface area contributed by atoms with E-state index in [4.69, 9.17) is 11.6 Å². The number of amides is 1. The molecule has 0 aliphatic rings. The van der Waals surface area contributed by atoms with Crippen LogP contribution >= 0.6 is 11.6 Å². The van der Waals surface area contributed by atoms with Crippen molar-refractivity contribution in [3.8, 4) is 0 Å². The Morgan fingerprint density at radius 3 is 2.62 bits per heavy atom. The van der Waals surface area contributed by atoms with Crippen LogP contribution in [0, 0.1) is 0 Å². The van der Waals surface area contributed by atoms with Crippen LogP contribution in [-0.4, -0.2) is 26.8 Å². The van der Waals surface area contributed by atoms with E-state index in [0.717, 1.165) is 28.3 Å². The first kappa shape index (κ1) is 19.2. The van der Waals surface area contributed by atoms with Gasteiger partial charge in [-0.1, -0.05) is 48.9 Å². The van der Waals surface area contributed by atoms with E-state index in [1.54, 1.807) is 6.20 Å². The second-order valence-corrected chi connectivity index (χ2v) is 7.39. The van der Waals surface area contributed by atoms with Crippen molar-refractivity contribution in [1.82, 2.24) is 19.7 Å².